The summed E-state index contributed by atoms with van der Waals surface area (Å²) >= 11 is 6.46. The molecule has 2 N–H and O–H groups in total. The quantitative estimate of drug-likeness (QED) is 0.118. The summed E-state index contributed by atoms with van der Waals surface area (Å²) in [6, 6.07) is 9.72. The number of nitrogens with two attached hydrogens (primary N) is 1. The van der Waals surface area contributed by atoms with Crippen LogP contribution in [-0.4, -0.2) is 73.9 Å². The Morgan fingerprint density at radius 1 is 1.05 bits per heavy atom. The molecular formula is C36H39ClF4N8O5S. The number of rotatable bonds is 13. The maximum absolute atomic E-state index is 15.0. The van der Waals surface area contributed by atoms with Crippen molar-refractivity contribution in [3.05, 3.63) is 83.2 Å². The van der Waals surface area contributed by atoms with Crippen LogP contribution in [0.25, 0.3) is 16.8 Å². The summed E-state index contributed by atoms with van der Waals surface area (Å²) in [6.07, 6.45) is 1.53. The van der Waals surface area contributed by atoms with Crippen molar-refractivity contribution in [3.8, 4) is 16.8 Å². The van der Waals surface area contributed by atoms with E-state index in [0.717, 1.165) is 33.2 Å². The molecule has 1 aliphatic carbocycles. The highest BCUT2D eigenvalue weighted by Gasteiger charge is 2.60. The van der Waals surface area contributed by atoms with Crippen molar-refractivity contribution in [1.29, 1.82) is 0 Å². The molecule has 294 valence electrons. The first-order valence-corrected chi connectivity index (χ1v) is 19.3. The number of carbonyl (C=O) groups excluding carboxylic acids is 2. The smallest absolute Gasteiger partial charge is 0.306 e. The number of aromatic nitrogens is 5. The lowest BCUT2D eigenvalue weighted by atomic mass is 9.75. The number of carbonyl (C=O) groups is 2. The Morgan fingerprint density at radius 3 is 2.29 bits per heavy atom. The fourth-order valence-electron chi connectivity index (χ4n) is 6.87. The van der Waals surface area contributed by atoms with Gasteiger partial charge in [0.1, 0.15) is 12.9 Å². The van der Waals surface area contributed by atoms with Gasteiger partial charge in [-0.05, 0) is 60.4 Å². The van der Waals surface area contributed by atoms with E-state index in [9.17, 15) is 35.6 Å². The number of ether oxygens (including phenoxy) is 1. The molecule has 55 heavy (non-hydrogen) atoms. The normalized spacial score (nSPS) is 19.1. The van der Waals surface area contributed by atoms with E-state index in [2.05, 4.69) is 15.2 Å². The lowest BCUT2D eigenvalue weighted by Gasteiger charge is -2.35. The molecule has 1 saturated carbocycles. The number of guanidine groups is 1. The molecule has 0 bridgehead atoms. The van der Waals surface area contributed by atoms with Crippen LogP contribution in [0.15, 0.2) is 66.2 Å². The molecule has 2 aromatic heterocycles. The van der Waals surface area contributed by atoms with Crippen LogP contribution in [-0.2, 0) is 29.9 Å². The number of aliphatic imine (C=N–C) groups is 1. The fraction of sp³-hybridized carbons (Fsp3) is 0.444. The highest BCUT2D eigenvalue weighted by Crippen LogP contribution is 2.59. The zero-order valence-corrected chi connectivity index (χ0v) is 32.1. The van der Waals surface area contributed by atoms with Gasteiger partial charge in [-0.3, -0.25) is 14.5 Å². The van der Waals surface area contributed by atoms with Crippen LogP contribution in [0.2, 0.25) is 5.02 Å². The maximum atomic E-state index is 15.0. The topological polar surface area (TPSA) is 168 Å². The monoisotopic (exact) mass is 806 g/mol. The summed E-state index contributed by atoms with van der Waals surface area (Å²) in [7, 11) is -3.63. The van der Waals surface area contributed by atoms with Crippen molar-refractivity contribution in [2.45, 2.75) is 77.3 Å². The molecule has 0 unspecified atom stereocenters. The zero-order valence-electron chi connectivity index (χ0n) is 30.5. The lowest BCUT2D eigenvalue weighted by molar-refractivity contribution is -0.153. The van der Waals surface area contributed by atoms with Gasteiger partial charge in [0, 0.05) is 11.0 Å². The zero-order chi connectivity index (χ0) is 40.3. The summed E-state index contributed by atoms with van der Waals surface area (Å²) in [5, 5.41) is 7.83. The molecule has 1 aliphatic heterocycles. The Bertz CT molecular complexity index is 2260. The van der Waals surface area contributed by atoms with Crippen molar-refractivity contribution in [2.75, 3.05) is 12.9 Å². The number of halogens is 5. The molecule has 0 saturated heterocycles. The number of amides is 1. The predicted molar refractivity (Wildman–Crippen MR) is 194 cm³/mol. The second kappa shape index (κ2) is 14.0. The van der Waals surface area contributed by atoms with Crippen LogP contribution >= 0.6 is 11.6 Å². The third-order valence-electron chi connectivity index (χ3n) is 9.84. The van der Waals surface area contributed by atoms with Crippen LogP contribution in [0, 0.1) is 10.8 Å². The average Bonchev–Trinajstić information content (AvgIpc) is 3.40. The molecule has 2 atom stereocenters. The van der Waals surface area contributed by atoms with Gasteiger partial charge in [0.25, 0.3) is 28.3 Å². The summed E-state index contributed by atoms with van der Waals surface area (Å²) in [4.78, 5) is 37.7. The van der Waals surface area contributed by atoms with Crippen LogP contribution in [0.1, 0.15) is 82.8 Å². The van der Waals surface area contributed by atoms with Gasteiger partial charge in [-0.15, -0.1) is 0 Å². The van der Waals surface area contributed by atoms with Crippen molar-refractivity contribution < 1.29 is 40.3 Å². The SMILES string of the molecule is CC(C)(C)C[C@]1(c2ccc(-c3cnn(S(C)(=O)=O)c3)cc2)N=C(N)N([C@H](COC(=O)CC2(C(C)(F)F)CC2)c2ccc(Cl)c(-n3ncnc3C(F)F)c2)C1=O. The second-order valence-electron chi connectivity index (χ2n) is 15.3. The first-order valence-electron chi connectivity index (χ1n) is 17.1. The summed E-state index contributed by atoms with van der Waals surface area (Å²) in [5.41, 5.74) is 4.66. The number of nitrogens with zero attached hydrogens (tertiary/aromatic N) is 7. The van der Waals surface area contributed by atoms with Crippen LogP contribution in [0.3, 0.4) is 0 Å². The van der Waals surface area contributed by atoms with Crippen LogP contribution in [0.4, 0.5) is 17.6 Å². The van der Waals surface area contributed by atoms with Crippen LogP contribution in [0.5, 0.6) is 0 Å². The van der Waals surface area contributed by atoms with E-state index >= 15 is 0 Å². The molecule has 0 spiro atoms. The predicted octanol–water partition coefficient (Wildman–Crippen LogP) is 6.43. The van der Waals surface area contributed by atoms with E-state index in [0.29, 0.717) is 16.7 Å². The molecule has 0 radical (unpaired) electrons. The van der Waals surface area contributed by atoms with E-state index in [1.165, 1.54) is 30.6 Å². The Labute approximate surface area is 319 Å². The third-order valence-corrected chi connectivity index (χ3v) is 11.0. The molecule has 13 nitrogen and oxygen atoms in total. The van der Waals surface area contributed by atoms with Crippen molar-refractivity contribution >= 4 is 39.5 Å². The average molecular weight is 807 g/mol. The van der Waals surface area contributed by atoms with Gasteiger partial charge in [0.2, 0.25) is 0 Å². The lowest BCUT2D eigenvalue weighted by Crippen LogP contribution is -2.47. The van der Waals surface area contributed by atoms with Crippen molar-refractivity contribution in [3.63, 3.8) is 0 Å². The molecular weight excluding hydrogens is 768 g/mol. The molecule has 2 aromatic carbocycles. The Balaban J connectivity index is 1.41. The third kappa shape index (κ3) is 7.83. The largest absolute Gasteiger partial charge is 0.463 e. The van der Waals surface area contributed by atoms with E-state index in [-0.39, 0.29) is 41.5 Å². The Hall–Kier alpha value is -4.84. The molecule has 1 fully saturated rings. The molecule has 6 rings (SSSR count). The second-order valence-corrected chi connectivity index (χ2v) is 17.5. The Kier molecular flexibility index (Phi) is 10.2. The van der Waals surface area contributed by atoms with E-state index < -0.39 is 75.5 Å². The maximum Gasteiger partial charge on any atom is 0.306 e. The first kappa shape index (κ1) is 39.8. The fourth-order valence-corrected chi connectivity index (χ4v) is 7.59. The number of alkyl halides is 4. The van der Waals surface area contributed by atoms with E-state index in [4.69, 9.17) is 27.1 Å². The van der Waals surface area contributed by atoms with Gasteiger partial charge in [-0.1, -0.05) is 62.7 Å². The molecule has 1 amide bonds. The number of esters is 1. The molecule has 2 aliphatic rings. The highest BCUT2D eigenvalue weighted by molar-refractivity contribution is 7.89. The number of hydrogen-bond acceptors (Lipinski definition) is 10. The minimum atomic E-state index is -3.63. The van der Waals surface area contributed by atoms with Crippen molar-refractivity contribution in [2.24, 2.45) is 21.6 Å². The molecule has 4 aromatic rings. The van der Waals surface area contributed by atoms with E-state index in [1.807, 2.05) is 20.8 Å². The summed E-state index contributed by atoms with van der Waals surface area (Å²) in [5.74, 6) is -5.62. The van der Waals surface area contributed by atoms with Gasteiger partial charge >= 0.3 is 5.97 Å². The van der Waals surface area contributed by atoms with Gasteiger partial charge in [-0.25, -0.2) is 40.6 Å². The van der Waals surface area contributed by atoms with E-state index in [1.54, 1.807) is 24.3 Å². The first-order chi connectivity index (χ1) is 25.5. The number of benzene rings is 2. The Morgan fingerprint density at radius 2 is 1.73 bits per heavy atom. The summed E-state index contributed by atoms with van der Waals surface area (Å²) < 4.78 is 87.8. The molecule has 19 heteroatoms. The number of hydrogen-bond donors (Lipinski definition) is 1. The van der Waals surface area contributed by atoms with Gasteiger partial charge < -0.3 is 10.5 Å². The van der Waals surface area contributed by atoms with Crippen LogP contribution < -0.4 is 5.73 Å². The standard InChI is InChI=1S/C36H39ClF4N8O5S/c1-33(2,3)19-36(24-9-6-21(7-10-24)23-16-44-47(17-23)55(5,52)53)31(51)48(32(42)46-36)27(18-54-28(50)15-35(12-13-35)34(4,40)41)22-8-11-25(37)26(14-22)49-30(29(38)39)43-20-45-49/h6-11,14,16-17,20,27,29H,12-13,15,18-19H2,1-5H3,(H2,42,46)/t27-,36-/m1/s1. The van der Waals surface area contributed by atoms with Gasteiger partial charge in [0.05, 0.1) is 41.8 Å². The van der Waals surface area contributed by atoms with Gasteiger partial charge in [-0.2, -0.15) is 14.3 Å². The highest BCUT2D eigenvalue weighted by atomic mass is 35.5. The molecule has 3 heterocycles. The summed E-state index contributed by atoms with van der Waals surface area (Å²) in [6.45, 7) is 5.91. The van der Waals surface area contributed by atoms with Crippen molar-refractivity contribution in [1.82, 2.24) is 28.9 Å². The minimum absolute atomic E-state index is 0.00591. The van der Waals surface area contributed by atoms with Gasteiger partial charge in [0.15, 0.2) is 17.3 Å². The minimum Gasteiger partial charge on any atom is -0.463 e.